The van der Waals surface area contributed by atoms with E-state index in [1.165, 1.54) is 12.2 Å². The van der Waals surface area contributed by atoms with Gasteiger partial charge in [-0.1, -0.05) is 36.4 Å². The number of allylic oxidation sites excluding steroid dienone is 2. The van der Waals surface area contributed by atoms with E-state index in [1.54, 1.807) is 24.5 Å². The van der Waals surface area contributed by atoms with E-state index in [9.17, 15) is 4.79 Å². The number of carbonyl (C=O) groups is 1. The number of aromatic nitrogens is 6. The molecule has 0 radical (unpaired) electrons. The number of carbonyl (C=O) groups excluding carboxylic acids is 1. The van der Waals surface area contributed by atoms with E-state index in [4.69, 9.17) is 0 Å². The first-order valence-corrected chi connectivity index (χ1v) is 11.5. The Labute approximate surface area is 206 Å². The normalized spacial score (nSPS) is 11.8. The zero-order valence-corrected chi connectivity index (χ0v) is 19.1. The van der Waals surface area contributed by atoms with E-state index in [1.807, 2.05) is 94.1 Å². The summed E-state index contributed by atoms with van der Waals surface area (Å²) in [5.74, 6) is 1.06. The summed E-state index contributed by atoms with van der Waals surface area (Å²) >= 11 is 0. The third-order valence-electron chi connectivity index (χ3n) is 5.74. The van der Waals surface area contributed by atoms with Crippen molar-refractivity contribution in [2.24, 2.45) is 0 Å². The fourth-order valence-electron chi connectivity index (χ4n) is 4.15. The van der Waals surface area contributed by atoms with Gasteiger partial charge < -0.3 is 0 Å². The van der Waals surface area contributed by atoms with Gasteiger partial charge in [0.25, 0.3) is 0 Å². The molecule has 0 aliphatic rings. The molecule has 0 spiro atoms. The van der Waals surface area contributed by atoms with E-state index in [-0.39, 0.29) is 5.78 Å². The van der Waals surface area contributed by atoms with Crippen molar-refractivity contribution in [1.82, 2.24) is 29.1 Å². The van der Waals surface area contributed by atoms with Crippen molar-refractivity contribution in [3.63, 3.8) is 0 Å². The molecule has 172 valence electrons. The standard InChI is InChI=1S/C29H20N6O/c36-23(15-17-26-32-28-24(13-7-19-30-28)34(26)21-9-3-1-4-10-21)16-18-27-33-29-25(14-8-20-31-29)35(27)22-11-5-2-6-12-22/h1-20H/b17-15+,18-16+. The van der Waals surface area contributed by atoms with Crippen molar-refractivity contribution >= 4 is 40.3 Å². The van der Waals surface area contributed by atoms with Crippen LogP contribution in [0.1, 0.15) is 11.6 Å². The second kappa shape index (κ2) is 9.23. The maximum absolute atomic E-state index is 12.8. The van der Waals surface area contributed by atoms with Gasteiger partial charge in [0.15, 0.2) is 17.1 Å². The summed E-state index contributed by atoms with van der Waals surface area (Å²) in [7, 11) is 0. The van der Waals surface area contributed by atoms with Crippen molar-refractivity contribution in [1.29, 1.82) is 0 Å². The quantitative estimate of drug-likeness (QED) is 0.304. The number of imidazole rings is 2. The molecule has 0 aliphatic carbocycles. The maximum Gasteiger partial charge on any atom is 0.178 e. The summed E-state index contributed by atoms with van der Waals surface area (Å²) < 4.78 is 3.96. The number of pyridine rings is 2. The summed E-state index contributed by atoms with van der Waals surface area (Å²) in [6.07, 6.45) is 9.85. The lowest BCUT2D eigenvalue weighted by atomic mass is 10.2. The molecule has 0 unspecified atom stereocenters. The van der Waals surface area contributed by atoms with Crippen LogP contribution in [0, 0.1) is 0 Å². The van der Waals surface area contributed by atoms with Crippen LogP contribution in [0.2, 0.25) is 0 Å². The first kappa shape index (κ1) is 21.4. The highest BCUT2D eigenvalue weighted by Gasteiger charge is 2.12. The fourth-order valence-corrected chi connectivity index (χ4v) is 4.15. The van der Waals surface area contributed by atoms with E-state index < -0.39 is 0 Å². The van der Waals surface area contributed by atoms with Crippen molar-refractivity contribution in [2.75, 3.05) is 0 Å². The molecule has 0 bridgehead atoms. The Hall–Kier alpha value is -5.17. The highest BCUT2D eigenvalue weighted by atomic mass is 16.1. The van der Waals surface area contributed by atoms with E-state index in [0.29, 0.717) is 22.9 Å². The number of benzene rings is 2. The molecule has 36 heavy (non-hydrogen) atoms. The number of rotatable bonds is 6. The number of ketones is 1. The first-order valence-electron chi connectivity index (χ1n) is 11.5. The monoisotopic (exact) mass is 468 g/mol. The minimum absolute atomic E-state index is 0.186. The smallest absolute Gasteiger partial charge is 0.178 e. The molecule has 0 fully saturated rings. The van der Waals surface area contributed by atoms with Crippen LogP contribution in [-0.2, 0) is 4.79 Å². The number of para-hydroxylation sites is 2. The fraction of sp³-hybridized carbons (Fsp3) is 0. The van der Waals surface area contributed by atoms with Gasteiger partial charge in [-0.25, -0.2) is 19.9 Å². The van der Waals surface area contributed by atoms with Gasteiger partial charge in [0.05, 0.1) is 11.0 Å². The summed E-state index contributed by atoms with van der Waals surface area (Å²) in [5.41, 5.74) is 4.87. The van der Waals surface area contributed by atoms with Crippen LogP contribution in [-0.4, -0.2) is 34.9 Å². The molecule has 6 aromatic rings. The van der Waals surface area contributed by atoms with Crippen LogP contribution >= 0.6 is 0 Å². The molecule has 7 nitrogen and oxygen atoms in total. The molecule has 0 amide bonds. The number of hydrogen-bond acceptors (Lipinski definition) is 5. The number of hydrogen-bond donors (Lipinski definition) is 0. The lowest BCUT2D eigenvalue weighted by molar-refractivity contribution is -0.110. The third kappa shape index (κ3) is 3.99. The average molecular weight is 469 g/mol. The van der Waals surface area contributed by atoms with E-state index >= 15 is 0 Å². The van der Waals surface area contributed by atoms with E-state index in [2.05, 4.69) is 19.9 Å². The molecule has 2 aromatic carbocycles. The van der Waals surface area contributed by atoms with Gasteiger partial charge in [0.2, 0.25) is 0 Å². The van der Waals surface area contributed by atoms with Gasteiger partial charge in [0, 0.05) is 23.8 Å². The van der Waals surface area contributed by atoms with Crippen LogP contribution in [0.15, 0.2) is 109 Å². The summed E-state index contributed by atoms with van der Waals surface area (Å²) in [5, 5.41) is 0. The topological polar surface area (TPSA) is 78.5 Å². The molecule has 0 saturated heterocycles. The van der Waals surface area contributed by atoms with Crippen molar-refractivity contribution in [2.45, 2.75) is 0 Å². The Morgan fingerprint density at radius 2 is 1.03 bits per heavy atom. The van der Waals surface area contributed by atoms with E-state index in [0.717, 1.165) is 22.4 Å². The Balaban J connectivity index is 1.34. The predicted molar refractivity (Wildman–Crippen MR) is 141 cm³/mol. The summed E-state index contributed by atoms with van der Waals surface area (Å²) in [6, 6.07) is 27.4. The SMILES string of the molecule is O=C(/C=C/c1nc2ncccc2n1-c1ccccc1)/C=C/c1nc2ncccc2n1-c1ccccc1. The van der Waals surface area contributed by atoms with Gasteiger partial charge in [-0.2, -0.15) is 0 Å². The largest absolute Gasteiger partial charge is 0.291 e. The lowest BCUT2D eigenvalue weighted by Crippen LogP contribution is -1.98. The second-order valence-corrected chi connectivity index (χ2v) is 8.04. The van der Waals surface area contributed by atoms with Gasteiger partial charge in [0.1, 0.15) is 11.6 Å². The van der Waals surface area contributed by atoms with Gasteiger partial charge >= 0.3 is 0 Å². The Bertz CT molecular complexity index is 1620. The minimum Gasteiger partial charge on any atom is -0.291 e. The van der Waals surface area contributed by atoms with Crippen molar-refractivity contribution < 1.29 is 4.79 Å². The minimum atomic E-state index is -0.186. The van der Waals surface area contributed by atoms with Gasteiger partial charge in [-0.05, 0) is 72.8 Å². The Kier molecular flexibility index (Phi) is 5.48. The number of nitrogens with zero attached hydrogens (tertiary/aromatic N) is 6. The Morgan fingerprint density at radius 1 is 0.583 bits per heavy atom. The molecule has 0 aliphatic heterocycles. The number of fused-ring (bicyclic) bond motifs is 2. The molecular formula is C29H20N6O. The maximum atomic E-state index is 12.8. The molecule has 7 heteroatoms. The van der Waals surface area contributed by atoms with Gasteiger partial charge in [-0.3, -0.25) is 13.9 Å². The summed E-state index contributed by atoms with van der Waals surface area (Å²) in [6.45, 7) is 0. The zero-order valence-electron chi connectivity index (χ0n) is 19.1. The molecule has 4 aromatic heterocycles. The highest BCUT2D eigenvalue weighted by molar-refractivity contribution is 6.04. The van der Waals surface area contributed by atoms with Crippen molar-refractivity contribution in [3.8, 4) is 11.4 Å². The molecule has 6 rings (SSSR count). The third-order valence-corrected chi connectivity index (χ3v) is 5.74. The molecular weight excluding hydrogens is 448 g/mol. The zero-order chi connectivity index (χ0) is 24.3. The molecule has 4 heterocycles. The molecule has 0 saturated carbocycles. The first-order chi connectivity index (χ1) is 17.8. The Morgan fingerprint density at radius 3 is 1.47 bits per heavy atom. The van der Waals surface area contributed by atoms with Crippen LogP contribution in [0.4, 0.5) is 0 Å². The van der Waals surface area contributed by atoms with Crippen LogP contribution in [0.3, 0.4) is 0 Å². The van der Waals surface area contributed by atoms with Crippen molar-refractivity contribution in [3.05, 3.63) is 121 Å². The lowest BCUT2D eigenvalue weighted by Gasteiger charge is -2.06. The second-order valence-electron chi connectivity index (χ2n) is 8.04. The van der Waals surface area contributed by atoms with Crippen LogP contribution in [0.25, 0.3) is 45.9 Å². The predicted octanol–water partition coefficient (Wildman–Crippen LogP) is 5.45. The molecule has 0 N–H and O–H groups in total. The average Bonchev–Trinajstić information content (AvgIpc) is 3.49. The van der Waals surface area contributed by atoms with Crippen LogP contribution in [0.5, 0.6) is 0 Å². The highest BCUT2D eigenvalue weighted by Crippen LogP contribution is 2.22. The van der Waals surface area contributed by atoms with Crippen LogP contribution < -0.4 is 0 Å². The molecule has 0 atom stereocenters. The van der Waals surface area contributed by atoms with Gasteiger partial charge in [-0.15, -0.1) is 0 Å². The summed E-state index contributed by atoms with van der Waals surface area (Å²) in [4.78, 5) is 30.8.